The Morgan fingerprint density at radius 1 is 1.15 bits per heavy atom. The lowest BCUT2D eigenvalue weighted by atomic mass is 9.85. The largest absolute Gasteiger partial charge is 0.460 e. The van der Waals surface area contributed by atoms with Gasteiger partial charge in [-0.15, -0.1) is 0 Å². The van der Waals surface area contributed by atoms with Crippen LogP contribution in [0.25, 0.3) is 0 Å². The smallest absolute Gasteiger partial charge is 0.311 e. The van der Waals surface area contributed by atoms with Crippen molar-refractivity contribution in [3.8, 4) is 0 Å². The van der Waals surface area contributed by atoms with E-state index in [1.54, 1.807) is 0 Å². The van der Waals surface area contributed by atoms with Gasteiger partial charge in [-0.2, -0.15) is 0 Å². The van der Waals surface area contributed by atoms with Crippen LogP contribution in [0.5, 0.6) is 0 Å². The topological polar surface area (TPSA) is 63.2 Å². The summed E-state index contributed by atoms with van der Waals surface area (Å²) in [5.41, 5.74) is -0.524. The molecule has 158 valence electrons. The molecule has 0 aromatic rings. The van der Waals surface area contributed by atoms with E-state index in [4.69, 9.17) is 23.7 Å². The number of ether oxygens (including phenoxy) is 5. The fraction of sp³-hybridized carbons (Fsp3) is 0.952. The molecule has 2 fully saturated rings. The first-order chi connectivity index (χ1) is 12.3. The van der Waals surface area contributed by atoms with Crippen LogP contribution in [0.2, 0.25) is 0 Å². The highest BCUT2D eigenvalue weighted by Crippen LogP contribution is 2.39. The highest BCUT2D eigenvalue weighted by atomic mass is 16.7. The number of esters is 1. The van der Waals surface area contributed by atoms with E-state index in [0.717, 1.165) is 6.42 Å². The molecular weight excluding hydrogens is 348 g/mol. The molecule has 0 aromatic heterocycles. The van der Waals surface area contributed by atoms with Crippen LogP contribution in [0.1, 0.15) is 74.7 Å². The van der Waals surface area contributed by atoms with Crippen LogP contribution in [0.15, 0.2) is 0 Å². The molecule has 0 aliphatic carbocycles. The molecule has 2 rings (SSSR count). The van der Waals surface area contributed by atoms with E-state index < -0.39 is 17.2 Å². The summed E-state index contributed by atoms with van der Waals surface area (Å²) in [6.07, 6.45) is 1.57. The minimum Gasteiger partial charge on any atom is -0.460 e. The molecule has 0 saturated carbocycles. The van der Waals surface area contributed by atoms with E-state index in [1.807, 2.05) is 34.6 Å². The SMILES string of the molecule is CC(C)[C@@H]1OC(C)(C)O[C@H](CCC2(CC(=O)OC(C)(C)C)OCCO2)[C@H]1C. The van der Waals surface area contributed by atoms with Crippen LogP contribution in [0.4, 0.5) is 0 Å². The quantitative estimate of drug-likeness (QED) is 0.642. The Hall–Kier alpha value is -0.690. The maximum Gasteiger partial charge on any atom is 0.311 e. The zero-order chi connectivity index (χ0) is 20.5. The van der Waals surface area contributed by atoms with E-state index in [0.29, 0.717) is 25.6 Å². The van der Waals surface area contributed by atoms with Gasteiger partial charge in [-0.3, -0.25) is 4.79 Å². The molecule has 2 heterocycles. The van der Waals surface area contributed by atoms with Gasteiger partial charge >= 0.3 is 5.97 Å². The maximum atomic E-state index is 12.3. The molecular formula is C21H38O6. The molecule has 2 aliphatic rings. The maximum absolute atomic E-state index is 12.3. The third-order valence-electron chi connectivity index (χ3n) is 5.07. The molecule has 0 radical (unpaired) electrons. The molecule has 27 heavy (non-hydrogen) atoms. The molecule has 0 amide bonds. The van der Waals surface area contributed by atoms with Crippen LogP contribution < -0.4 is 0 Å². The average Bonchev–Trinajstić information content (AvgIpc) is 2.94. The first kappa shape index (κ1) is 22.6. The predicted molar refractivity (Wildman–Crippen MR) is 102 cm³/mol. The summed E-state index contributed by atoms with van der Waals surface area (Å²) in [6.45, 7) is 17.0. The van der Waals surface area contributed by atoms with Gasteiger partial charge in [0.25, 0.3) is 0 Å². The molecule has 0 spiro atoms. The lowest BCUT2D eigenvalue weighted by Gasteiger charge is -2.47. The second-order valence-electron chi connectivity index (χ2n) is 9.65. The summed E-state index contributed by atoms with van der Waals surface area (Å²) in [6, 6.07) is 0. The number of carbonyl (C=O) groups excluding carboxylic acids is 1. The summed E-state index contributed by atoms with van der Waals surface area (Å²) in [4.78, 5) is 12.3. The third kappa shape index (κ3) is 6.41. The van der Waals surface area contributed by atoms with Gasteiger partial charge in [0, 0.05) is 12.3 Å². The predicted octanol–water partition coefficient (Wildman–Crippen LogP) is 4.05. The minimum absolute atomic E-state index is 0.0180. The highest BCUT2D eigenvalue weighted by molar-refractivity contribution is 5.71. The Balaban J connectivity index is 2.03. The van der Waals surface area contributed by atoms with Gasteiger partial charge in [0.15, 0.2) is 11.6 Å². The summed E-state index contributed by atoms with van der Waals surface area (Å²) < 4.78 is 29.5. The van der Waals surface area contributed by atoms with Gasteiger partial charge in [0.2, 0.25) is 0 Å². The zero-order valence-electron chi connectivity index (χ0n) is 18.3. The van der Waals surface area contributed by atoms with Gasteiger partial charge in [-0.05, 0) is 47.0 Å². The monoisotopic (exact) mass is 386 g/mol. The molecule has 6 nitrogen and oxygen atoms in total. The molecule has 0 unspecified atom stereocenters. The van der Waals surface area contributed by atoms with Gasteiger partial charge in [0.05, 0.1) is 31.8 Å². The first-order valence-electron chi connectivity index (χ1n) is 10.2. The Bertz CT molecular complexity index is 501. The van der Waals surface area contributed by atoms with Crippen molar-refractivity contribution in [3.63, 3.8) is 0 Å². The van der Waals surface area contributed by atoms with Gasteiger partial charge in [-0.1, -0.05) is 20.8 Å². The molecule has 0 N–H and O–H groups in total. The van der Waals surface area contributed by atoms with Crippen molar-refractivity contribution in [3.05, 3.63) is 0 Å². The van der Waals surface area contributed by atoms with Gasteiger partial charge in [0.1, 0.15) is 5.60 Å². The van der Waals surface area contributed by atoms with Crippen molar-refractivity contribution in [2.24, 2.45) is 11.8 Å². The molecule has 0 bridgehead atoms. The van der Waals surface area contributed by atoms with E-state index >= 15 is 0 Å². The molecule has 2 saturated heterocycles. The zero-order valence-corrected chi connectivity index (χ0v) is 18.3. The number of rotatable bonds is 6. The summed E-state index contributed by atoms with van der Waals surface area (Å²) >= 11 is 0. The van der Waals surface area contributed by atoms with E-state index in [9.17, 15) is 4.79 Å². The summed E-state index contributed by atoms with van der Waals surface area (Å²) in [5, 5.41) is 0. The average molecular weight is 387 g/mol. The number of hydrogen-bond donors (Lipinski definition) is 0. The first-order valence-corrected chi connectivity index (χ1v) is 10.2. The van der Waals surface area contributed by atoms with Crippen LogP contribution in [0.3, 0.4) is 0 Å². The lowest BCUT2D eigenvalue weighted by molar-refractivity contribution is -0.329. The van der Waals surface area contributed by atoms with Crippen molar-refractivity contribution in [2.45, 2.75) is 104 Å². The highest BCUT2D eigenvalue weighted by Gasteiger charge is 2.45. The number of hydrogen-bond acceptors (Lipinski definition) is 6. The van der Waals surface area contributed by atoms with Crippen LogP contribution >= 0.6 is 0 Å². The second-order valence-corrected chi connectivity index (χ2v) is 9.65. The van der Waals surface area contributed by atoms with Crippen LogP contribution in [0, 0.1) is 11.8 Å². The second kappa shape index (κ2) is 8.36. The fourth-order valence-corrected chi connectivity index (χ4v) is 4.00. The third-order valence-corrected chi connectivity index (χ3v) is 5.07. The minimum atomic E-state index is -0.915. The standard InChI is InChI=1S/C21H38O6/c1-14(2)18-15(3)16(25-20(7,8)27-18)9-10-21(23-11-12-24-21)13-17(22)26-19(4,5)6/h14-16,18H,9-13H2,1-8H3/t15-,16-,18+/m1/s1. The Kier molecular flexibility index (Phi) is 6.99. The fourth-order valence-electron chi connectivity index (χ4n) is 4.00. The molecule has 0 aromatic carbocycles. The van der Waals surface area contributed by atoms with Crippen molar-refractivity contribution in [1.29, 1.82) is 0 Å². The van der Waals surface area contributed by atoms with Gasteiger partial charge < -0.3 is 23.7 Å². The normalized spacial score (nSPS) is 30.5. The van der Waals surface area contributed by atoms with Crippen LogP contribution in [-0.2, 0) is 28.5 Å². The summed E-state index contributed by atoms with van der Waals surface area (Å²) in [5.74, 6) is -1.19. The van der Waals surface area contributed by atoms with E-state index in [-0.39, 0.29) is 30.5 Å². The van der Waals surface area contributed by atoms with E-state index in [2.05, 4.69) is 20.8 Å². The molecule has 2 aliphatic heterocycles. The van der Waals surface area contributed by atoms with Crippen molar-refractivity contribution >= 4 is 5.97 Å². The Labute approximate surface area is 164 Å². The lowest BCUT2D eigenvalue weighted by Crippen LogP contribution is -2.52. The van der Waals surface area contributed by atoms with Gasteiger partial charge in [-0.25, -0.2) is 0 Å². The van der Waals surface area contributed by atoms with Crippen molar-refractivity contribution in [2.75, 3.05) is 13.2 Å². The van der Waals surface area contributed by atoms with Crippen molar-refractivity contribution in [1.82, 2.24) is 0 Å². The van der Waals surface area contributed by atoms with E-state index in [1.165, 1.54) is 0 Å². The number of carbonyl (C=O) groups is 1. The van der Waals surface area contributed by atoms with Crippen LogP contribution in [-0.4, -0.2) is 48.6 Å². The Morgan fingerprint density at radius 2 is 1.74 bits per heavy atom. The molecule has 3 atom stereocenters. The summed E-state index contributed by atoms with van der Waals surface area (Å²) in [7, 11) is 0. The van der Waals surface area contributed by atoms with Crippen molar-refractivity contribution < 1.29 is 28.5 Å². The molecule has 6 heteroatoms. The Morgan fingerprint density at radius 3 is 2.26 bits per heavy atom.